The second-order valence-electron chi connectivity index (χ2n) is 7.98. The van der Waals surface area contributed by atoms with Gasteiger partial charge >= 0.3 is 0 Å². The molecular weight excluding hydrogens is 399 g/mol. The van der Waals surface area contributed by atoms with Gasteiger partial charge in [0.25, 0.3) is 0 Å². The number of halogens is 1. The lowest BCUT2D eigenvalue weighted by Crippen LogP contribution is -1.85. The van der Waals surface area contributed by atoms with Crippen LogP contribution in [0.3, 0.4) is 0 Å². The zero-order chi connectivity index (χ0) is 21.7. The van der Waals surface area contributed by atoms with Crippen LogP contribution in [-0.4, -0.2) is 20.2 Å². The molecule has 0 spiro atoms. The number of H-pyrrole nitrogens is 2. The molecular formula is C27H19FN4. The molecule has 32 heavy (non-hydrogen) atoms. The monoisotopic (exact) mass is 418 g/mol. The molecule has 0 fully saturated rings. The van der Waals surface area contributed by atoms with Crippen LogP contribution in [0, 0.1) is 12.7 Å². The van der Waals surface area contributed by atoms with Gasteiger partial charge in [0.2, 0.25) is 0 Å². The minimum absolute atomic E-state index is 0.244. The first-order chi connectivity index (χ1) is 15.7. The van der Waals surface area contributed by atoms with Gasteiger partial charge in [0, 0.05) is 34.2 Å². The van der Waals surface area contributed by atoms with E-state index in [0.29, 0.717) is 0 Å². The van der Waals surface area contributed by atoms with Crippen LogP contribution in [0.5, 0.6) is 0 Å². The molecule has 0 bridgehead atoms. The molecule has 0 saturated heterocycles. The number of rotatable bonds is 3. The van der Waals surface area contributed by atoms with Gasteiger partial charge in [-0.1, -0.05) is 30.3 Å². The number of hydrogen-bond acceptors (Lipinski definition) is 2. The smallest absolute Gasteiger partial charge is 0.123 e. The van der Waals surface area contributed by atoms with Crippen molar-refractivity contribution in [2.45, 2.75) is 6.92 Å². The maximum absolute atomic E-state index is 13.8. The van der Waals surface area contributed by atoms with Gasteiger partial charge in [-0.25, -0.2) is 4.39 Å². The van der Waals surface area contributed by atoms with Gasteiger partial charge in [-0.15, -0.1) is 0 Å². The molecule has 2 N–H and O–H groups in total. The van der Waals surface area contributed by atoms with Gasteiger partial charge in [-0.2, -0.15) is 5.10 Å². The minimum Gasteiger partial charge on any atom is -0.353 e. The number of fused-ring (bicyclic) bond motifs is 2. The lowest BCUT2D eigenvalue weighted by atomic mass is 10.00. The highest BCUT2D eigenvalue weighted by atomic mass is 19.1. The molecule has 0 atom stereocenters. The number of aromatic nitrogens is 4. The SMILES string of the molecule is Cc1ccncc1-c1ccc2[nH]nc(-c3cc4c(-c5cccc(F)c5)cccc4[nH]3)c2c1. The molecule has 0 radical (unpaired) electrons. The molecule has 0 aliphatic heterocycles. The lowest BCUT2D eigenvalue weighted by molar-refractivity contribution is 0.628. The Labute approximate surface area is 183 Å². The summed E-state index contributed by atoms with van der Waals surface area (Å²) < 4.78 is 13.8. The Bertz CT molecular complexity index is 1610. The van der Waals surface area contributed by atoms with Crippen molar-refractivity contribution in [1.29, 1.82) is 0 Å². The highest BCUT2D eigenvalue weighted by molar-refractivity contribution is 6.01. The third-order valence-electron chi connectivity index (χ3n) is 5.97. The topological polar surface area (TPSA) is 57.4 Å². The highest BCUT2D eigenvalue weighted by Gasteiger charge is 2.15. The van der Waals surface area contributed by atoms with E-state index in [9.17, 15) is 4.39 Å². The molecule has 3 heterocycles. The molecule has 4 nitrogen and oxygen atoms in total. The summed E-state index contributed by atoms with van der Waals surface area (Å²) in [5, 5.41) is 9.81. The fourth-order valence-corrected chi connectivity index (χ4v) is 4.34. The number of benzene rings is 3. The van der Waals surface area contributed by atoms with Crippen molar-refractivity contribution < 1.29 is 4.39 Å². The summed E-state index contributed by atoms with van der Waals surface area (Å²) in [6.07, 6.45) is 3.70. The summed E-state index contributed by atoms with van der Waals surface area (Å²) >= 11 is 0. The Kier molecular flexibility index (Phi) is 4.15. The van der Waals surface area contributed by atoms with Crippen molar-refractivity contribution >= 4 is 21.8 Å². The second-order valence-corrected chi connectivity index (χ2v) is 7.98. The minimum atomic E-state index is -0.244. The van der Waals surface area contributed by atoms with Gasteiger partial charge in [-0.3, -0.25) is 10.1 Å². The molecule has 0 unspecified atom stereocenters. The zero-order valence-electron chi connectivity index (χ0n) is 17.4. The molecule has 6 rings (SSSR count). The summed E-state index contributed by atoms with van der Waals surface area (Å²) in [5.74, 6) is -0.244. The van der Waals surface area contributed by atoms with Crippen molar-refractivity contribution in [3.63, 3.8) is 0 Å². The third kappa shape index (κ3) is 2.98. The summed E-state index contributed by atoms with van der Waals surface area (Å²) in [7, 11) is 0. The molecule has 5 heteroatoms. The van der Waals surface area contributed by atoms with Crippen LogP contribution in [-0.2, 0) is 0 Å². The van der Waals surface area contributed by atoms with Crippen molar-refractivity contribution in [3.05, 3.63) is 96.6 Å². The van der Waals surface area contributed by atoms with Crippen LogP contribution in [0.1, 0.15) is 5.56 Å². The summed E-state index contributed by atoms with van der Waals surface area (Å²) in [6.45, 7) is 2.09. The van der Waals surface area contributed by atoms with E-state index in [1.807, 2.05) is 36.5 Å². The second kappa shape index (κ2) is 7.17. The predicted octanol–water partition coefficient (Wildman–Crippen LogP) is 6.89. The van der Waals surface area contributed by atoms with E-state index in [4.69, 9.17) is 0 Å². The predicted molar refractivity (Wildman–Crippen MR) is 127 cm³/mol. The average Bonchev–Trinajstić information content (AvgIpc) is 3.42. The number of hydrogen-bond donors (Lipinski definition) is 2. The first-order valence-electron chi connectivity index (χ1n) is 10.4. The number of aromatic amines is 2. The van der Waals surface area contributed by atoms with Crippen LogP contribution in [0.15, 0.2) is 85.2 Å². The summed E-state index contributed by atoms with van der Waals surface area (Å²) in [6, 6.07) is 23.1. The molecule has 3 aromatic heterocycles. The Morgan fingerprint density at radius 2 is 1.66 bits per heavy atom. The van der Waals surface area contributed by atoms with E-state index >= 15 is 0 Å². The maximum atomic E-state index is 13.8. The first-order valence-corrected chi connectivity index (χ1v) is 10.4. The Morgan fingerprint density at radius 1 is 0.781 bits per heavy atom. The normalized spacial score (nSPS) is 11.4. The first kappa shape index (κ1) is 18.5. The van der Waals surface area contributed by atoms with Crippen molar-refractivity contribution in [3.8, 4) is 33.6 Å². The van der Waals surface area contributed by atoms with E-state index in [1.54, 1.807) is 18.3 Å². The van der Waals surface area contributed by atoms with E-state index in [-0.39, 0.29) is 5.82 Å². The number of pyridine rings is 1. The van der Waals surface area contributed by atoms with E-state index in [1.165, 1.54) is 11.6 Å². The van der Waals surface area contributed by atoms with Gasteiger partial charge in [0.1, 0.15) is 11.5 Å². The van der Waals surface area contributed by atoms with E-state index in [0.717, 1.165) is 55.4 Å². The quantitative estimate of drug-likeness (QED) is 0.329. The molecule has 6 aromatic rings. The molecule has 0 aliphatic carbocycles. The van der Waals surface area contributed by atoms with Gasteiger partial charge in [0.05, 0.1) is 11.2 Å². The van der Waals surface area contributed by atoms with Crippen LogP contribution in [0.2, 0.25) is 0 Å². The Balaban J connectivity index is 1.52. The lowest BCUT2D eigenvalue weighted by Gasteiger charge is -2.05. The van der Waals surface area contributed by atoms with Crippen LogP contribution >= 0.6 is 0 Å². The standard InChI is InChI=1S/C27H19FN4/c1-16-10-11-29-15-23(16)18-8-9-25-22(13-18)27(32-31-25)26-14-21-20(6-3-7-24(21)30-26)17-4-2-5-19(28)12-17/h2-15,30H,1H3,(H,31,32). The largest absolute Gasteiger partial charge is 0.353 e. The number of aryl methyl sites for hydroxylation is 1. The van der Waals surface area contributed by atoms with Crippen molar-refractivity contribution in [1.82, 2.24) is 20.2 Å². The van der Waals surface area contributed by atoms with Gasteiger partial charge in [0.15, 0.2) is 0 Å². The maximum Gasteiger partial charge on any atom is 0.123 e. The molecule has 0 amide bonds. The van der Waals surface area contributed by atoms with E-state index in [2.05, 4.69) is 51.4 Å². The fraction of sp³-hybridized carbons (Fsp3) is 0.0370. The zero-order valence-corrected chi connectivity index (χ0v) is 17.4. The van der Waals surface area contributed by atoms with Crippen LogP contribution < -0.4 is 0 Å². The summed E-state index contributed by atoms with van der Waals surface area (Å²) in [4.78, 5) is 7.78. The molecule has 3 aromatic carbocycles. The highest BCUT2D eigenvalue weighted by Crippen LogP contribution is 2.35. The van der Waals surface area contributed by atoms with Crippen LogP contribution in [0.25, 0.3) is 55.4 Å². The Hall–Kier alpha value is -4.25. The number of nitrogens with zero attached hydrogens (tertiary/aromatic N) is 2. The third-order valence-corrected chi connectivity index (χ3v) is 5.97. The van der Waals surface area contributed by atoms with Crippen molar-refractivity contribution in [2.24, 2.45) is 0 Å². The number of nitrogens with one attached hydrogen (secondary N) is 2. The van der Waals surface area contributed by atoms with E-state index < -0.39 is 0 Å². The van der Waals surface area contributed by atoms with Gasteiger partial charge in [-0.05, 0) is 71.6 Å². The average molecular weight is 418 g/mol. The van der Waals surface area contributed by atoms with Crippen LogP contribution in [0.4, 0.5) is 4.39 Å². The van der Waals surface area contributed by atoms with Crippen molar-refractivity contribution in [2.75, 3.05) is 0 Å². The fourth-order valence-electron chi connectivity index (χ4n) is 4.34. The molecule has 0 aliphatic rings. The summed E-state index contributed by atoms with van der Waals surface area (Å²) in [5.41, 5.74) is 8.92. The molecule has 0 saturated carbocycles. The Morgan fingerprint density at radius 3 is 2.53 bits per heavy atom. The van der Waals surface area contributed by atoms with Gasteiger partial charge < -0.3 is 4.98 Å². The molecule has 154 valence electrons.